The molecule has 0 amide bonds. The van der Waals surface area contributed by atoms with Crippen LogP contribution in [0.15, 0.2) is 35.2 Å². The zero-order valence-corrected chi connectivity index (χ0v) is 16.9. The Kier molecular flexibility index (Phi) is 15.7. The average molecular weight is 349 g/mol. The van der Waals surface area contributed by atoms with Gasteiger partial charge in [-0.1, -0.05) is 115 Å². The second kappa shape index (κ2) is 17.4. The number of thioether (sulfide) groups is 1. The van der Waals surface area contributed by atoms with E-state index in [0.29, 0.717) is 0 Å². The molecule has 1 rings (SSSR count). The number of unbranched alkanes of at least 4 members (excludes halogenated alkanes) is 14. The summed E-state index contributed by atoms with van der Waals surface area (Å²) in [4.78, 5) is 1.42. The Labute approximate surface area is 156 Å². The second-order valence-electron chi connectivity index (χ2n) is 7.11. The summed E-state index contributed by atoms with van der Waals surface area (Å²) in [7, 11) is 0. The van der Waals surface area contributed by atoms with Gasteiger partial charge in [-0.2, -0.15) is 0 Å². The Balaban J connectivity index is 1.70. The van der Waals surface area contributed by atoms with Gasteiger partial charge in [-0.25, -0.2) is 0 Å². The predicted octanol–water partition coefficient (Wildman–Crippen LogP) is 8.65. The highest BCUT2D eigenvalue weighted by Gasteiger charge is 1.95. The smallest absolute Gasteiger partial charge is 0.00719 e. The van der Waals surface area contributed by atoms with Gasteiger partial charge in [0.25, 0.3) is 0 Å². The van der Waals surface area contributed by atoms with E-state index in [1.807, 2.05) is 11.8 Å². The first-order chi connectivity index (χ1) is 11.9. The molecule has 0 aromatic heterocycles. The Morgan fingerprint density at radius 1 is 0.542 bits per heavy atom. The maximum Gasteiger partial charge on any atom is 0.00719 e. The van der Waals surface area contributed by atoms with Crippen molar-refractivity contribution in [1.29, 1.82) is 0 Å². The summed E-state index contributed by atoms with van der Waals surface area (Å²) in [5.41, 5.74) is 0. The van der Waals surface area contributed by atoms with Crippen molar-refractivity contribution in [3.05, 3.63) is 30.3 Å². The summed E-state index contributed by atoms with van der Waals surface area (Å²) in [6.07, 6.45) is 21.7. The Morgan fingerprint density at radius 3 is 1.42 bits per heavy atom. The highest BCUT2D eigenvalue weighted by molar-refractivity contribution is 7.99. The van der Waals surface area contributed by atoms with Gasteiger partial charge in [0, 0.05) is 4.90 Å². The molecular formula is C23H40S. The molecule has 0 unspecified atom stereocenters. The lowest BCUT2D eigenvalue weighted by Gasteiger charge is -2.04. The minimum absolute atomic E-state index is 1.28. The number of rotatable bonds is 17. The predicted molar refractivity (Wildman–Crippen MR) is 112 cm³/mol. The number of hydrogen-bond acceptors (Lipinski definition) is 1. The fraction of sp³-hybridized carbons (Fsp3) is 0.739. The van der Waals surface area contributed by atoms with Crippen LogP contribution in [-0.2, 0) is 0 Å². The van der Waals surface area contributed by atoms with Crippen LogP contribution in [-0.4, -0.2) is 5.75 Å². The van der Waals surface area contributed by atoms with E-state index >= 15 is 0 Å². The third-order valence-corrected chi connectivity index (χ3v) is 5.86. The van der Waals surface area contributed by atoms with Crippen LogP contribution in [0, 0.1) is 0 Å². The van der Waals surface area contributed by atoms with Crippen molar-refractivity contribution in [2.45, 2.75) is 108 Å². The molecule has 138 valence electrons. The molecular weight excluding hydrogens is 308 g/mol. The topological polar surface area (TPSA) is 0 Å². The van der Waals surface area contributed by atoms with Crippen LogP contribution < -0.4 is 0 Å². The minimum atomic E-state index is 1.28. The molecule has 0 nitrogen and oxygen atoms in total. The van der Waals surface area contributed by atoms with Crippen molar-refractivity contribution >= 4 is 11.8 Å². The Hall–Kier alpha value is -0.430. The second-order valence-corrected chi connectivity index (χ2v) is 8.28. The molecule has 0 aliphatic carbocycles. The molecule has 0 aliphatic rings. The van der Waals surface area contributed by atoms with Crippen molar-refractivity contribution in [3.63, 3.8) is 0 Å². The molecule has 0 N–H and O–H groups in total. The summed E-state index contributed by atoms with van der Waals surface area (Å²) in [6, 6.07) is 10.8. The molecule has 0 saturated heterocycles. The van der Waals surface area contributed by atoms with Crippen molar-refractivity contribution in [2.75, 3.05) is 5.75 Å². The molecule has 0 saturated carbocycles. The molecule has 0 aliphatic heterocycles. The first-order valence-corrected chi connectivity index (χ1v) is 11.6. The van der Waals surface area contributed by atoms with Crippen LogP contribution in [0.3, 0.4) is 0 Å². The fourth-order valence-electron chi connectivity index (χ4n) is 3.18. The lowest BCUT2D eigenvalue weighted by molar-refractivity contribution is 0.535. The molecule has 0 fully saturated rings. The third kappa shape index (κ3) is 14.0. The van der Waals surface area contributed by atoms with Crippen LogP contribution >= 0.6 is 11.8 Å². The van der Waals surface area contributed by atoms with Gasteiger partial charge in [0.15, 0.2) is 0 Å². The standard InChI is InChI=1S/C23H40S/c1-2-3-4-5-6-7-8-9-10-11-12-13-14-15-19-22-24-23-20-17-16-18-21-23/h16-18,20-21H,2-15,19,22H2,1H3. The average Bonchev–Trinajstić information content (AvgIpc) is 2.62. The largest absolute Gasteiger partial charge is 0.126 e. The van der Waals surface area contributed by atoms with Crippen molar-refractivity contribution < 1.29 is 0 Å². The van der Waals surface area contributed by atoms with Crippen LogP contribution in [0.1, 0.15) is 103 Å². The molecule has 0 radical (unpaired) electrons. The van der Waals surface area contributed by atoms with Gasteiger partial charge in [0.1, 0.15) is 0 Å². The minimum Gasteiger partial charge on any atom is -0.126 e. The molecule has 1 aromatic rings. The fourth-order valence-corrected chi connectivity index (χ4v) is 4.11. The summed E-state index contributed by atoms with van der Waals surface area (Å²) < 4.78 is 0. The van der Waals surface area contributed by atoms with Crippen LogP contribution in [0.4, 0.5) is 0 Å². The molecule has 0 atom stereocenters. The Bertz CT molecular complexity index is 346. The van der Waals surface area contributed by atoms with E-state index in [0.717, 1.165) is 0 Å². The maximum absolute atomic E-state index is 2.30. The summed E-state index contributed by atoms with van der Waals surface area (Å²) in [5.74, 6) is 1.28. The zero-order chi connectivity index (χ0) is 17.1. The van der Waals surface area contributed by atoms with Crippen molar-refractivity contribution in [2.24, 2.45) is 0 Å². The van der Waals surface area contributed by atoms with Crippen LogP contribution in [0.25, 0.3) is 0 Å². The van der Waals surface area contributed by atoms with Gasteiger partial charge in [-0.3, -0.25) is 0 Å². The summed E-state index contributed by atoms with van der Waals surface area (Å²) in [6.45, 7) is 2.30. The number of benzene rings is 1. The van der Waals surface area contributed by atoms with Crippen LogP contribution in [0.2, 0.25) is 0 Å². The highest BCUT2D eigenvalue weighted by atomic mass is 32.2. The van der Waals surface area contributed by atoms with E-state index < -0.39 is 0 Å². The summed E-state index contributed by atoms with van der Waals surface area (Å²) >= 11 is 2.01. The van der Waals surface area contributed by atoms with E-state index in [1.165, 1.54) is 107 Å². The third-order valence-electron chi connectivity index (χ3n) is 4.76. The highest BCUT2D eigenvalue weighted by Crippen LogP contribution is 2.19. The first kappa shape index (κ1) is 21.6. The van der Waals surface area contributed by atoms with Gasteiger partial charge in [-0.05, 0) is 24.3 Å². The molecule has 0 bridgehead atoms. The van der Waals surface area contributed by atoms with E-state index in [4.69, 9.17) is 0 Å². The monoisotopic (exact) mass is 348 g/mol. The van der Waals surface area contributed by atoms with Gasteiger partial charge in [0.05, 0.1) is 0 Å². The quantitative estimate of drug-likeness (QED) is 0.200. The van der Waals surface area contributed by atoms with E-state index in [1.54, 1.807) is 0 Å². The maximum atomic E-state index is 2.30. The first-order valence-electron chi connectivity index (χ1n) is 10.6. The van der Waals surface area contributed by atoms with Gasteiger partial charge < -0.3 is 0 Å². The van der Waals surface area contributed by atoms with E-state index in [-0.39, 0.29) is 0 Å². The zero-order valence-electron chi connectivity index (χ0n) is 16.1. The molecule has 0 spiro atoms. The number of hydrogen-bond donors (Lipinski definition) is 0. The molecule has 24 heavy (non-hydrogen) atoms. The Morgan fingerprint density at radius 2 is 0.958 bits per heavy atom. The van der Waals surface area contributed by atoms with Crippen molar-refractivity contribution in [3.8, 4) is 0 Å². The lowest BCUT2D eigenvalue weighted by Crippen LogP contribution is -1.84. The molecule has 1 heteroatoms. The summed E-state index contributed by atoms with van der Waals surface area (Å²) in [5, 5.41) is 0. The van der Waals surface area contributed by atoms with E-state index in [2.05, 4.69) is 37.3 Å². The van der Waals surface area contributed by atoms with Gasteiger partial charge in [0.2, 0.25) is 0 Å². The SMILES string of the molecule is CCCCCCCCCCCCCCCCCSc1ccccc1. The van der Waals surface area contributed by atoms with Gasteiger partial charge in [-0.15, -0.1) is 11.8 Å². The molecule has 0 heterocycles. The van der Waals surface area contributed by atoms with Crippen LogP contribution in [0.5, 0.6) is 0 Å². The van der Waals surface area contributed by atoms with Gasteiger partial charge >= 0.3 is 0 Å². The normalized spacial score (nSPS) is 11.0. The van der Waals surface area contributed by atoms with E-state index in [9.17, 15) is 0 Å². The lowest BCUT2D eigenvalue weighted by atomic mass is 10.0. The van der Waals surface area contributed by atoms with Crippen molar-refractivity contribution in [1.82, 2.24) is 0 Å². The molecule has 1 aromatic carbocycles.